The Kier molecular flexibility index (Phi) is 8.34. The lowest BCUT2D eigenvalue weighted by atomic mass is 9.92. The molecule has 4 rings (SSSR count). The van der Waals surface area contributed by atoms with E-state index >= 15 is 0 Å². The van der Waals surface area contributed by atoms with Gasteiger partial charge in [0.1, 0.15) is 12.4 Å². The van der Waals surface area contributed by atoms with E-state index in [2.05, 4.69) is 10.4 Å². The van der Waals surface area contributed by atoms with Crippen LogP contribution in [0.5, 0.6) is 0 Å². The van der Waals surface area contributed by atoms with E-state index in [1.165, 1.54) is 21.7 Å². The molecule has 1 heterocycles. The molecule has 0 saturated heterocycles. The van der Waals surface area contributed by atoms with E-state index in [0.29, 0.717) is 27.8 Å². The number of halogens is 4. The van der Waals surface area contributed by atoms with Crippen LogP contribution in [-0.4, -0.2) is 33.0 Å². The van der Waals surface area contributed by atoms with Gasteiger partial charge in [-0.05, 0) is 35.9 Å². The molecule has 0 aliphatic rings. The maximum absolute atomic E-state index is 13.4. The molecule has 0 radical (unpaired) electrons. The topological polar surface area (TPSA) is 67.2 Å². The highest BCUT2D eigenvalue weighted by Crippen LogP contribution is 2.31. The number of rotatable bonds is 7. The highest BCUT2D eigenvalue weighted by molar-refractivity contribution is 6.32. The van der Waals surface area contributed by atoms with Crippen molar-refractivity contribution in [2.24, 2.45) is 0 Å². The average molecular weight is 569 g/mol. The molecule has 0 saturated carbocycles. The van der Waals surface area contributed by atoms with Crippen molar-refractivity contribution in [1.29, 1.82) is 0 Å². The molecule has 1 aromatic heterocycles. The first-order chi connectivity index (χ1) is 18.8. The summed E-state index contributed by atoms with van der Waals surface area (Å²) in [6.07, 6.45) is -4.61. The summed E-state index contributed by atoms with van der Waals surface area (Å²) in [5.74, 6) is -0.917. The van der Waals surface area contributed by atoms with Crippen LogP contribution < -0.4 is 5.32 Å². The molecular formula is C30H28ClF3N4O2. The molecule has 6 nitrogen and oxygen atoms in total. The van der Waals surface area contributed by atoms with Crippen LogP contribution in [0, 0.1) is 0 Å². The normalized spacial score (nSPS) is 11.8. The number of para-hydroxylation sites is 1. The van der Waals surface area contributed by atoms with E-state index in [-0.39, 0.29) is 17.5 Å². The minimum atomic E-state index is -4.61. The molecule has 40 heavy (non-hydrogen) atoms. The van der Waals surface area contributed by atoms with Crippen molar-refractivity contribution in [3.63, 3.8) is 0 Å². The lowest BCUT2D eigenvalue weighted by molar-refractivity contribution is -0.137. The average Bonchev–Trinajstić information content (AvgIpc) is 3.32. The molecule has 0 spiro atoms. The van der Waals surface area contributed by atoms with E-state index in [9.17, 15) is 22.8 Å². The van der Waals surface area contributed by atoms with E-state index in [4.69, 9.17) is 11.6 Å². The molecule has 0 unspecified atom stereocenters. The van der Waals surface area contributed by atoms with Crippen LogP contribution in [0.4, 0.5) is 19.0 Å². The van der Waals surface area contributed by atoms with E-state index in [1.54, 1.807) is 60.7 Å². The number of aromatic nitrogens is 2. The predicted molar refractivity (Wildman–Crippen MR) is 149 cm³/mol. The Bertz CT molecular complexity index is 1510. The Morgan fingerprint density at radius 1 is 0.925 bits per heavy atom. The first kappa shape index (κ1) is 28.9. The lowest BCUT2D eigenvalue weighted by Gasteiger charge is -2.23. The second-order valence-corrected chi connectivity index (χ2v) is 10.7. The van der Waals surface area contributed by atoms with Crippen LogP contribution >= 0.6 is 11.6 Å². The monoisotopic (exact) mass is 568 g/mol. The number of hydrogen-bond donors (Lipinski definition) is 1. The Morgan fingerprint density at radius 2 is 1.60 bits per heavy atom. The van der Waals surface area contributed by atoms with Gasteiger partial charge in [-0.2, -0.15) is 18.3 Å². The summed E-state index contributed by atoms with van der Waals surface area (Å²) in [5, 5.41) is 7.90. The van der Waals surface area contributed by atoms with E-state index in [1.807, 2.05) is 20.8 Å². The molecule has 2 amide bonds. The number of alkyl halides is 3. The van der Waals surface area contributed by atoms with Crippen LogP contribution in [0.3, 0.4) is 0 Å². The van der Waals surface area contributed by atoms with Crippen molar-refractivity contribution in [3.05, 3.63) is 112 Å². The summed E-state index contributed by atoms with van der Waals surface area (Å²) in [6.45, 7) is 5.54. The Balaban J connectivity index is 1.65. The summed E-state index contributed by atoms with van der Waals surface area (Å²) >= 11 is 6.41. The molecule has 0 fully saturated rings. The van der Waals surface area contributed by atoms with Crippen LogP contribution in [0.15, 0.2) is 84.9 Å². The number of carbonyl (C=O) groups is 2. The third-order valence-corrected chi connectivity index (χ3v) is 6.42. The number of anilines is 1. The van der Waals surface area contributed by atoms with Gasteiger partial charge < -0.3 is 10.2 Å². The van der Waals surface area contributed by atoms with Gasteiger partial charge >= 0.3 is 6.18 Å². The summed E-state index contributed by atoms with van der Waals surface area (Å²) in [5.41, 5.74) is 0.507. The minimum absolute atomic E-state index is 0.0142. The van der Waals surface area contributed by atoms with Crippen molar-refractivity contribution in [1.82, 2.24) is 14.7 Å². The largest absolute Gasteiger partial charge is 0.416 e. The van der Waals surface area contributed by atoms with E-state index in [0.717, 1.165) is 12.1 Å². The highest BCUT2D eigenvalue weighted by atomic mass is 35.5. The summed E-state index contributed by atoms with van der Waals surface area (Å²) in [7, 11) is 0. The Hall–Kier alpha value is -4.11. The second-order valence-electron chi connectivity index (χ2n) is 10.3. The van der Waals surface area contributed by atoms with Crippen molar-refractivity contribution in [2.75, 3.05) is 11.9 Å². The fourth-order valence-electron chi connectivity index (χ4n) is 4.01. The SMILES string of the molecule is CC(C)(C)c1cc(NC(=O)CN(Cc2ccccc2)C(=O)c2cccc(C(F)(F)F)c2)n(-c2ccccc2Cl)n1. The number of amides is 2. The van der Waals surface area contributed by atoms with Gasteiger partial charge in [0.2, 0.25) is 5.91 Å². The zero-order chi connectivity index (χ0) is 29.1. The molecule has 10 heteroatoms. The van der Waals surface area contributed by atoms with Gasteiger partial charge in [-0.25, -0.2) is 4.68 Å². The summed E-state index contributed by atoms with van der Waals surface area (Å²) < 4.78 is 41.5. The summed E-state index contributed by atoms with van der Waals surface area (Å²) in [6, 6.07) is 21.8. The number of benzene rings is 3. The molecule has 3 aromatic carbocycles. The standard InChI is InChI=1S/C30H28ClF3N4O2/c1-29(2,3)25-17-26(38(36-25)24-15-8-7-14-23(24)31)35-27(39)19-37(18-20-10-5-4-6-11-20)28(40)21-12-9-13-22(16-21)30(32,33)34/h4-17H,18-19H2,1-3H3,(H,35,39). The zero-order valence-corrected chi connectivity index (χ0v) is 22.9. The van der Waals surface area contributed by atoms with Crippen LogP contribution in [0.2, 0.25) is 5.02 Å². The molecule has 0 aliphatic heterocycles. The zero-order valence-electron chi connectivity index (χ0n) is 22.2. The van der Waals surface area contributed by atoms with Crippen molar-refractivity contribution < 1.29 is 22.8 Å². The van der Waals surface area contributed by atoms with Gasteiger partial charge in [0, 0.05) is 23.6 Å². The predicted octanol–water partition coefficient (Wildman–Crippen LogP) is 7.12. The quantitative estimate of drug-likeness (QED) is 0.258. The van der Waals surface area contributed by atoms with E-state index < -0.39 is 30.1 Å². The van der Waals surface area contributed by atoms with Crippen LogP contribution in [-0.2, 0) is 22.9 Å². The fourth-order valence-corrected chi connectivity index (χ4v) is 4.23. The third-order valence-electron chi connectivity index (χ3n) is 6.10. The maximum Gasteiger partial charge on any atom is 0.416 e. The second kappa shape index (κ2) is 11.6. The van der Waals surface area contributed by atoms with Gasteiger partial charge in [0.15, 0.2) is 0 Å². The van der Waals surface area contributed by atoms with Crippen molar-refractivity contribution >= 4 is 29.2 Å². The van der Waals surface area contributed by atoms with Gasteiger partial charge in [-0.1, -0.05) is 80.9 Å². The van der Waals surface area contributed by atoms with Gasteiger partial charge in [-0.3, -0.25) is 9.59 Å². The number of nitrogens with zero attached hydrogens (tertiary/aromatic N) is 3. The molecular weight excluding hydrogens is 541 g/mol. The molecule has 208 valence electrons. The first-order valence-corrected chi connectivity index (χ1v) is 12.9. The third kappa shape index (κ3) is 6.90. The Labute approximate surface area is 235 Å². The van der Waals surface area contributed by atoms with Gasteiger partial charge in [-0.15, -0.1) is 0 Å². The van der Waals surface area contributed by atoms with Gasteiger partial charge in [0.25, 0.3) is 5.91 Å². The minimum Gasteiger partial charge on any atom is -0.325 e. The van der Waals surface area contributed by atoms with Crippen molar-refractivity contribution in [3.8, 4) is 5.69 Å². The van der Waals surface area contributed by atoms with Gasteiger partial charge in [0.05, 0.1) is 22.0 Å². The molecule has 0 bridgehead atoms. The summed E-state index contributed by atoms with van der Waals surface area (Å²) in [4.78, 5) is 28.0. The highest BCUT2D eigenvalue weighted by Gasteiger charge is 2.32. The Morgan fingerprint density at radius 3 is 2.25 bits per heavy atom. The lowest BCUT2D eigenvalue weighted by Crippen LogP contribution is -2.38. The smallest absolute Gasteiger partial charge is 0.325 e. The number of nitrogens with one attached hydrogen (secondary N) is 1. The number of hydrogen-bond acceptors (Lipinski definition) is 3. The van der Waals surface area contributed by atoms with Crippen molar-refractivity contribution in [2.45, 2.75) is 38.9 Å². The van der Waals surface area contributed by atoms with Crippen LogP contribution in [0.25, 0.3) is 5.69 Å². The first-order valence-electron chi connectivity index (χ1n) is 12.5. The molecule has 0 atom stereocenters. The fraction of sp³-hybridized carbons (Fsp3) is 0.233. The molecule has 4 aromatic rings. The van der Waals surface area contributed by atoms with Crippen LogP contribution in [0.1, 0.15) is 48.0 Å². The number of carbonyl (C=O) groups excluding carboxylic acids is 2. The molecule has 0 aliphatic carbocycles. The molecule has 1 N–H and O–H groups in total. The maximum atomic E-state index is 13.4.